The van der Waals surface area contributed by atoms with E-state index in [9.17, 15) is 27.5 Å². The summed E-state index contributed by atoms with van der Waals surface area (Å²) in [5.41, 5.74) is -2.77. The molecule has 0 unspecified atom stereocenters. The lowest BCUT2D eigenvalue weighted by Gasteiger charge is -2.40. The summed E-state index contributed by atoms with van der Waals surface area (Å²) in [5.74, 6) is -0.923. The fourth-order valence-corrected chi connectivity index (χ4v) is 3.95. The SMILES string of the molecule is O=C(N[C@@H](c1cccc(Cl)c1)[C@]1(O)CC[C@H](F)CC1)c1cc(C(F)(F)F)ncc1Cl. The van der Waals surface area contributed by atoms with E-state index in [4.69, 9.17) is 23.2 Å². The first-order chi connectivity index (χ1) is 14.0. The second-order valence-electron chi connectivity index (χ2n) is 7.29. The van der Waals surface area contributed by atoms with E-state index in [1.54, 1.807) is 18.2 Å². The Balaban J connectivity index is 1.97. The number of amides is 1. The molecule has 0 spiro atoms. The Morgan fingerprint density at radius 2 is 1.90 bits per heavy atom. The van der Waals surface area contributed by atoms with Gasteiger partial charge in [0.15, 0.2) is 0 Å². The van der Waals surface area contributed by atoms with Gasteiger partial charge in [-0.3, -0.25) is 9.78 Å². The number of hydrogen-bond donors (Lipinski definition) is 2. The standard InChI is InChI=1S/C20H18Cl2F4N2O2/c21-12-3-1-2-11(8-12)17(19(30)6-4-13(23)5-7-19)28-18(29)14-9-16(20(24,25)26)27-10-15(14)22/h1-3,8-10,13,17,30H,4-7H2,(H,28,29)/t13-,17-,19-/m0/s1. The largest absolute Gasteiger partial charge is 0.433 e. The number of aliphatic hydroxyl groups is 1. The molecule has 1 amide bonds. The molecule has 0 radical (unpaired) electrons. The Bertz CT molecular complexity index is 931. The fourth-order valence-electron chi connectivity index (χ4n) is 3.56. The number of hydrogen-bond acceptors (Lipinski definition) is 3. The summed E-state index contributed by atoms with van der Waals surface area (Å²) in [4.78, 5) is 16.1. The number of nitrogens with one attached hydrogen (secondary N) is 1. The lowest BCUT2D eigenvalue weighted by atomic mass is 9.76. The normalized spacial score (nSPS) is 23.1. The van der Waals surface area contributed by atoms with Crippen molar-refractivity contribution in [3.8, 4) is 0 Å². The number of benzene rings is 1. The summed E-state index contributed by atoms with van der Waals surface area (Å²) in [6.45, 7) is 0. The number of rotatable bonds is 4. The van der Waals surface area contributed by atoms with Crippen LogP contribution in [-0.4, -0.2) is 27.8 Å². The van der Waals surface area contributed by atoms with Gasteiger partial charge in [-0.1, -0.05) is 35.3 Å². The van der Waals surface area contributed by atoms with Crippen molar-refractivity contribution in [1.82, 2.24) is 10.3 Å². The quantitative estimate of drug-likeness (QED) is 0.585. The number of halogens is 6. The maximum absolute atomic E-state index is 13.6. The molecule has 1 atom stereocenters. The van der Waals surface area contributed by atoms with Gasteiger partial charge in [0, 0.05) is 11.2 Å². The molecule has 2 aromatic rings. The minimum Gasteiger partial charge on any atom is -0.387 e. The third-order valence-corrected chi connectivity index (χ3v) is 5.70. The van der Waals surface area contributed by atoms with Gasteiger partial charge in [0.05, 0.1) is 22.2 Å². The predicted molar refractivity (Wildman–Crippen MR) is 104 cm³/mol. The summed E-state index contributed by atoms with van der Waals surface area (Å²) in [6, 6.07) is 5.88. The second-order valence-corrected chi connectivity index (χ2v) is 8.13. The summed E-state index contributed by atoms with van der Waals surface area (Å²) < 4.78 is 52.6. The molecular weight excluding hydrogens is 447 g/mol. The zero-order valence-electron chi connectivity index (χ0n) is 15.5. The molecule has 0 bridgehead atoms. The van der Waals surface area contributed by atoms with Crippen molar-refractivity contribution < 1.29 is 27.5 Å². The molecule has 1 heterocycles. The smallest absolute Gasteiger partial charge is 0.387 e. The van der Waals surface area contributed by atoms with Crippen LogP contribution < -0.4 is 5.32 Å². The van der Waals surface area contributed by atoms with E-state index >= 15 is 0 Å². The van der Waals surface area contributed by atoms with E-state index in [2.05, 4.69) is 10.3 Å². The Labute approximate surface area is 180 Å². The van der Waals surface area contributed by atoms with Crippen molar-refractivity contribution in [2.45, 2.75) is 49.7 Å². The van der Waals surface area contributed by atoms with Crippen LogP contribution in [0.5, 0.6) is 0 Å². The van der Waals surface area contributed by atoms with Gasteiger partial charge in [0.2, 0.25) is 0 Å². The van der Waals surface area contributed by atoms with E-state index in [0.717, 1.165) is 6.20 Å². The van der Waals surface area contributed by atoms with Crippen LogP contribution in [0.25, 0.3) is 0 Å². The molecule has 0 aliphatic heterocycles. The molecule has 2 N–H and O–H groups in total. The van der Waals surface area contributed by atoms with Gasteiger partial charge < -0.3 is 10.4 Å². The van der Waals surface area contributed by atoms with Crippen molar-refractivity contribution in [2.75, 3.05) is 0 Å². The lowest BCUT2D eigenvalue weighted by Crippen LogP contribution is -2.48. The van der Waals surface area contributed by atoms with Gasteiger partial charge in [0.25, 0.3) is 5.91 Å². The van der Waals surface area contributed by atoms with Crippen molar-refractivity contribution in [1.29, 1.82) is 0 Å². The highest BCUT2D eigenvalue weighted by atomic mass is 35.5. The number of alkyl halides is 4. The second kappa shape index (κ2) is 8.69. The van der Waals surface area contributed by atoms with Gasteiger partial charge in [-0.15, -0.1) is 0 Å². The molecule has 3 rings (SSSR count). The fraction of sp³-hybridized carbons (Fsp3) is 0.400. The van der Waals surface area contributed by atoms with Crippen LogP contribution in [-0.2, 0) is 6.18 Å². The number of pyridine rings is 1. The zero-order valence-corrected chi connectivity index (χ0v) is 17.0. The number of aromatic nitrogens is 1. The van der Waals surface area contributed by atoms with Crippen LogP contribution in [0.4, 0.5) is 17.6 Å². The maximum Gasteiger partial charge on any atom is 0.433 e. The van der Waals surface area contributed by atoms with Crippen molar-refractivity contribution in [2.24, 2.45) is 0 Å². The predicted octanol–water partition coefficient (Wildman–Crippen LogP) is 5.52. The number of nitrogens with zero attached hydrogens (tertiary/aromatic N) is 1. The molecule has 1 aliphatic rings. The van der Waals surface area contributed by atoms with Crippen LogP contribution in [0.15, 0.2) is 36.5 Å². The molecule has 1 fully saturated rings. The van der Waals surface area contributed by atoms with Crippen LogP contribution in [0.2, 0.25) is 10.0 Å². The van der Waals surface area contributed by atoms with E-state index in [-0.39, 0.29) is 30.7 Å². The lowest BCUT2D eigenvalue weighted by molar-refractivity contribution is -0.141. The third-order valence-electron chi connectivity index (χ3n) is 5.17. The summed E-state index contributed by atoms with van der Waals surface area (Å²) in [5, 5.41) is 13.8. The van der Waals surface area contributed by atoms with Crippen LogP contribution >= 0.6 is 23.2 Å². The van der Waals surface area contributed by atoms with Gasteiger partial charge in [-0.25, -0.2) is 4.39 Å². The molecule has 1 aliphatic carbocycles. The van der Waals surface area contributed by atoms with Crippen molar-refractivity contribution in [3.63, 3.8) is 0 Å². The molecular formula is C20H18Cl2F4N2O2. The van der Waals surface area contributed by atoms with Crippen LogP contribution in [0.3, 0.4) is 0 Å². The minimum absolute atomic E-state index is 0.0590. The zero-order chi connectivity index (χ0) is 22.1. The molecule has 1 aromatic carbocycles. The topological polar surface area (TPSA) is 62.2 Å². The first kappa shape index (κ1) is 22.8. The third kappa shape index (κ3) is 5.04. The molecule has 30 heavy (non-hydrogen) atoms. The van der Waals surface area contributed by atoms with E-state index in [0.29, 0.717) is 16.7 Å². The van der Waals surface area contributed by atoms with Gasteiger partial charge in [-0.2, -0.15) is 13.2 Å². The first-order valence-electron chi connectivity index (χ1n) is 9.15. The Kier molecular flexibility index (Phi) is 6.60. The van der Waals surface area contributed by atoms with E-state index in [1.807, 2.05) is 0 Å². The molecule has 10 heteroatoms. The number of carbonyl (C=O) groups is 1. The Hall–Kier alpha value is -1.90. The van der Waals surface area contributed by atoms with Crippen molar-refractivity contribution >= 4 is 29.1 Å². The highest BCUT2D eigenvalue weighted by molar-refractivity contribution is 6.33. The van der Waals surface area contributed by atoms with Crippen LogP contribution in [0, 0.1) is 0 Å². The van der Waals surface area contributed by atoms with Gasteiger partial charge in [-0.05, 0) is 49.4 Å². The summed E-state index contributed by atoms with van der Waals surface area (Å²) >= 11 is 11.9. The van der Waals surface area contributed by atoms with E-state index < -0.39 is 41.2 Å². The molecule has 1 aromatic heterocycles. The van der Waals surface area contributed by atoms with Gasteiger partial charge in [0.1, 0.15) is 11.9 Å². The number of carbonyl (C=O) groups excluding carboxylic acids is 1. The summed E-state index contributed by atoms with van der Waals surface area (Å²) in [7, 11) is 0. The van der Waals surface area contributed by atoms with Crippen molar-refractivity contribution in [3.05, 3.63) is 63.4 Å². The van der Waals surface area contributed by atoms with Gasteiger partial charge >= 0.3 is 6.18 Å². The molecule has 1 saturated carbocycles. The van der Waals surface area contributed by atoms with E-state index in [1.165, 1.54) is 6.07 Å². The molecule has 0 saturated heterocycles. The average molecular weight is 465 g/mol. The Morgan fingerprint density at radius 3 is 2.50 bits per heavy atom. The summed E-state index contributed by atoms with van der Waals surface area (Å²) in [6.07, 6.45) is -4.77. The minimum atomic E-state index is -4.76. The highest BCUT2D eigenvalue weighted by Gasteiger charge is 2.42. The maximum atomic E-state index is 13.6. The monoisotopic (exact) mass is 464 g/mol. The Morgan fingerprint density at radius 1 is 1.23 bits per heavy atom. The first-order valence-corrected chi connectivity index (χ1v) is 9.91. The van der Waals surface area contributed by atoms with Crippen LogP contribution in [0.1, 0.15) is 53.3 Å². The highest BCUT2D eigenvalue weighted by Crippen LogP contribution is 2.40. The molecule has 4 nitrogen and oxygen atoms in total. The average Bonchev–Trinajstić information content (AvgIpc) is 2.67. The molecule has 162 valence electrons.